The van der Waals surface area contributed by atoms with Gasteiger partial charge in [0.25, 0.3) is 0 Å². The van der Waals surface area contributed by atoms with Gasteiger partial charge in [0.2, 0.25) is 11.8 Å². The fourth-order valence-corrected chi connectivity index (χ4v) is 3.17. The van der Waals surface area contributed by atoms with E-state index in [-0.39, 0.29) is 11.8 Å². The molecule has 3 rings (SSSR count). The second kappa shape index (κ2) is 6.83. The minimum Gasteiger partial charge on any atom is -0.340 e. The van der Waals surface area contributed by atoms with Gasteiger partial charge in [-0.15, -0.1) is 0 Å². The summed E-state index contributed by atoms with van der Waals surface area (Å²) in [6.45, 7) is 2.49. The van der Waals surface area contributed by atoms with E-state index in [1.165, 1.54) is 6.92 Å². The Morgan fingerprint density at radius 1 is 1.21 bits per heavy atom. The van der Waals surface area contributed by atoms with Crippen molar-refractivity contribution in [3.05, 3.63) is 65.5 Å². The molecule has 5 heteroatoms. The van der Waals surface area contributed by atoms with Crippen molar-refractivity contribution in [3.63, 3.8) is 0 Å². The first-order chi connectivity index (χ1) is 11.6. The Hall–Kier alpha value is -2.69. The van der Waals surface area contributed by atoms with Gasteiger partial charge in [0.15, 0.2) is 0 Å². The number of carbonyl (C=O) groups excluding carboxylic acids is 2. The van der Waals surface area contributed by atoms with Gasteiger partial charge in [-0.05, 0) is 22.8 Å². The monoisotopic (exact) mass is 323 g/mol. The first-order valence-electron chi connectivity index (χ1n) is 8.04. The van der Waals surface area contributed by atoms with Crippen molar-refractivity contribution in [1.82, 2.24) is 14.8 Å². The van der Waals surface area contributed by atoms with E-state index in [1.54, 1.807) is 29.2 Å². The van der Waals surface area contributed by atoms with Crippen LogP contribution in [0.2, 0.25) is 0 Å². The molecule has 124 valence electrons. The number of rotatable bonds is 3. The Labute approximate surface area is 141 Å². The maximum absolute atomic E-state index is 12.9. The van der Waals surface area contributed by atoms with Crippen molar-refractivity contribution < 1.29 is 9.59 Å². The highest BCUT2D eigenvalue weighted by molar-refractivity contribution is 5.87. The van der Waals surface area contributed by atoms with Gasteiger partial charge in [-0.2, -0.15) is 0 Å². The van der Waals surface area contributed by atoms with Crippen LogP contribution in [0.4, 0.5) is 0 Å². The zero-order valence-corrected chi connectivity index (χ0v) is 14.0. The largest absolute Gasteiger partial charge is 0.340 e. The molecule has 2 heterocycles. The van der Waals surface area contributed by atoms with Crippen molar-refractivity contribution in [2.24, 2.45) is 0 Å². The van der Waals surface area contributed by atoms with Crippen LogP contribution in [-0.4, -0.2) is 39.7 Å². The second-order valence-electron chi connectivity index (χ2n) is 6.19. The number of carbonyl (C=O) groups is 2. The van der Waals surface area contributed by atoms with Crippen LogP contribution in [0, 0.1) is 0 Å². The number of fused-ring (bicyclic) bond motifs is 1. The molecule has 0 spiro atoms. The normalized spacial score (nSPS) is 16.4. The third kappa shape index (κ3) is 3.30. The summed E-state index contributed by atoms with van der Waals surface area (Å²) in [5, 5.41) is 0. The van der Waals surface area contributed by atoms with Crippen LogP contribution in [0.1, 0.15) is 23.6 Å². The van der Waals surface area contributed by atoms with Crippen LogP contribution < -0.4 is 0 Å². The molecule has 0 radical (unpaired) electrons. The molecule has 24 heavy (non-hydrogen) atoms. The smallest absolute Gasteiger partial charge is 0.245 e. The average molecular weight is 323 g/mol. The van der Waals surface area contributed by atoms with Crippen LogP contribution in [0.15, 0.2) is 48.8 Å². The lowest BCUT2D eigenvalue weighted by Crippen LogP contribution is -2.52. The zero-order chi connectivity index (χ0) is 17.1. The van der Waals surface area contributed by atoms with Crippen molar-refractivity contribution >= 4 is 11.8 Å². The summed E-state index contributed by atoms with van der Waals surface area (Å²) in [5.74, 6) is -0.110. The Morgan fingerprint density at radius 2 is 1.96 bits per heavy atom. The minimum atomic E-state index is -0.445. The second-order valence-corrected chi connectivity index (χ2v) is 6.19. The van der Waals surface area contributed by atoms with Crippen molar-refractivity contribution in [3.8, 4) is 0 Å². The predicted molar refractivity (Wildman–Crippen MR) is 90.9 cm³/mol. The number of pyridine rings is 1. The van der Waals surface area contributed by atoms with E-state index in [2.05, 4.69) is 4.98 Å². The molecule has 0 unspecified atom stereocenters. The molecular formula is C19H21N3O2. The Bertz CT molecular complexity index is 745. The molecule has 0 aliphatic carbocycles. The van der Waals surface area contributed by atoms with Crippen LogP contribution in [0.25, 0.3) is 0 Å². The number of aromatic nitrogens is 1. The Morgan fingerprint density at radius 3 is 2.62 bits per heavy atom. The summed E-state index contributed by atoms with van der Waals surface area (Å²) < 4.78 is 0. The van der Waals surface area contributed by atoms with E-state index < -0.39 is 6.04 Å². The van der Waals surface area contributed by atoms with Gasteiger partial charge in [0, 0.05) is 45.9 Å². The van der Waals surface area contributed by atoms with Crippen LogP contribution >= 0.6 is 0 Å². The molecule has 1 aliphatic heterocycles. The van der Waals surface area contributed by atoms with E-state index in [4.69, 9.17) is 0 Å². The Balaban J connectivity index is 1.80. The molecule has 0 fully saturated rings. The minimum absolute atomic E-state index is 0.0384. The van der Waals surface area contributed by atoms with Crippen molar-refractivity contribution in [2.75, 3.05) is 7.05 Å². The fourth-order valence-electron chi connectivity index (χ4n) is 3.17. The standard InChI is InChI=1S/C19H21N3O2/c1-14(23)22-13-17-8-4-3-7-16(17)10-18(22)19(24)21(2)12-15-6-5-9-20-11-15/h3-9,11,18H,10,12-13H2,1-2H3/t18-/m0/s1. The average Bonchev–Trinajstić information content (AvgIpc) is 2.60. The molecule has 2 amide bonds. The molecule has 0 saturated heterocycles. The van der Waals surface area contributed by atoms with E-state index >= 15 is 0 Å². The van der Waals surface area contributed by atoms with Gasteiger partial charge in [-0.3, -0.25) is 14.6 Å². The number of benzene rings is 1. The summed E-state index contributed by atoms with van der Waals surface area (Å²) >= 11 is 0. The molecule has 1 atom stereocenters. The van der Waals surface area contributed by atoms with Gasteiger partial charge >= 0.3 is 0 Å². The number of hydrogen-bond acceptors (Lipinski definition) is 3. The van der Waals surface area contributed by atoms with Crippen LogP contribution in [0.3, 0.4) is 0 Å². The van der Waals surface area contributed by atoms with Crippen molar-refractivity contribution in [1.29, 1.82) is 0 Å². The summed E-state index contributed by atoms with van der Waals surface area (Å²) in [5.41, 5.74) is 3.23. The number of likely N-dealkylation sites (N-methyl/N-ethyl adjacent to an activating group) is 1. The van der Waals surface area contributed by atoms with Gasteiger partial charge in [0.1, 0.15) is 6.04 Å². The molecule has 0 N–H and O–H groups in total. The lowest BCUT2D eigenvalue weighted by atomic mass is 9.93. The maximum atomic E-state index is 12.9. The third-order valence-corrected chi connectivity index (χ3v) is 4.46. The third-order valence-electron chi connectivity index (χ3n) is 4.46. The number of amides is 2. The van der Waals surface area contributed by atoms with Gasteiger partial charge in [0.05, 0.1) is 0 Å². The molecule has 1 aromatic carbocycles. The lowest BCUT2D eigenvalue weighted by Gasteiger charge is -2.37. The molecule has 0 saturated carbocycles. The van der Waals surface area contributed by atoms with E-state index in [0.717, 1.165) is 16.7 Å². The number of nitrogens with zero attached hydrogens (tertiary/aromatic N) is 3. The van der Waals surface area contributed by atoms with Crippen LogP contribution in [-0.2, 0) is 29.1 Å². The lowest BCUT2D eigenvalue weighted by molar-refractivity contribution is -0.145. The van der Waals surface area contributed by atoms with E-state index in [1.807, 2.05) is 36.4 Å². The zero-order valence-electron chi connectivity index (χ0n) is 14.0. The molecule has 5 nitrogen and oxygen atoms in total. The SMILES string of the molecule is CC(=O)N1Cc2ccccc2C[C@H]1C(=O)N(C)Cc1cccnc1. The topological polar surface area (TPSA) is 53.5 Å². The fraction of sp³-hybridized carbons (Fsp3) is 0.316. The molecular weight excluding hydrogens is 302 g/mol. The number of hydrogen-bond donors (Lipinski definition) is 0. The molecule has 0 bridgehead atoms. The summed E-state index contributed by atoms with van der Waals surface area (Å²) in [7, 11) is 1.77. The quantitative estimate of drug-likeness (QED) is 0.868. The highest BCUT2D eigenvalue weighted by atomic mass is 16.2. The summed E-state index contributed by atoms with van der Waals surface area (Å²) in [6, 6.07) is 11.3. The first kappa shape index (κ1) is 16.2. The highest BCUT2D eigenvalue weighted by Gasteiger charge is 2.34. The van der Waals surface area contributed by atoms with Gasteiger partial charge in [-0.25, -0.2) is 0 Å². The Kier molecular flexibility index (Phi) is 4.60. The molecule has 1 aromatic heterocycles. The van der Waals surface area contributed by atoms with E-state index in [9.17, 15) is 9.59 Å². The van der Waals surface area contributed by atoms with Crippen molar-refractivity contribution in [2.45, 2.75) is 32.5 Å². The summed E-state index contributed by atoms with van der Waals surface area (Å²) in [4.78, 5) is 32.4. The molecule has 1 aliphatic rings. The summed E-state index contributed by atoms with van der Waals surface area (Å²) in [6.07, 6.45) is 4.02. The predicted octanol–water partition coefficient (Wildman–Crippen LogP) is 2.01. The molecule has 2 aromatic rings. The van der Waals surface area contributed by atoms with Gasteiger partial charge in [-0.1, -0.05) is 30.3 Å². The maximum Gasteiger partial charge on any atom is 0.245 e. The first-order valence-corrected chi connectivity index (χ1v) is 8.04. The van der Waals surface area contributed by atoms with E-state index in [0.29, 0.717) is 19.5 Å². The van der Waals surface area contributed by atoms with Crippen LogP contribution in [0.5, 0.6) is 0 Å². The van der Waals surface area contributed by atoms with Gasteiger partial charge < -0.3 is 9.80 Å². The highest BCUT2D eigenvalue weighted by Crippen LogP contribution is 2.24.